The van der Waals surface area contributed by atoms with E-state index in [0.29, 0.717) is 12.8 Å². The molecule has 2 aromatic rings. The molecule has 0 spiro atoms. The average molecular weight is 438 g/mol. The molecule has 0 radical (unpaired) electrons. The number of ether oxygens (including phenoxy) is 2. The maximum Gasteiger partial charge on any atom is 0.407 e. The molecule has 8 heteroatoms. The predicted molar refractivity (Wildman–Crippen MR) is 116 cm³/mol. The zero-order valence-electron chi connectivity index (χ0n) is 17.6. The second kappa shape index (κ2) is 9.82. The highest BCUT2D eigenvalue weighted by atomic mass is 16.5. The third-order valence-electron chi connectivity index (χ3n) is 5.95. The molecule has 4 rings (SSSR count). The van der Waals surface area contributed by atoms with Crippen LogP contribution in [0, 0.1) is 5.92 Å². The van der Waals surface area contributed by atoms with Crippen molar-refractivity contribution in [3.8, 4) is 11.1 Å². The SMILES string of the molecule is O=C(O)COCCNC(=O)C1CC(NC(=O)OCC2c3ccccc3-c3ccccc32)C1. The number of alkyl carbamates (subject to hydrolysis) is 1. The van der Waals surface area contributed by atoms with E-state index >= 15 is 0 Å². The maximum atomic E-state index is 12.3. The van der Waals surface area contributed by atoms with Crippen molar-refractivity contribution in [1.29, 1.82) is 0 Å². The summed E-state index contributed by atoms with van der Waals surface area (Å²) < 4.78 is 10.4. The number of carboxylic acids is 1. The van der Waals surface area contributed by atoms with Gasteiger partial charge in [-0.05, 0) is 35.1 Å². The number of carbonyl (C=O) groups excluding carboxylic acids is 2. The molecule has 0 aromatic heterocycles. The minimum Gasteiger partial charge on any atom is -0.480 e. The van der Waals surface area contributed by atoms with Crippen molar-refractivity contribution in [3.05, 3.63) is 59.7 Å². The smallest absolute Gasteiger partial charge is 0.407 e. The monoisotopic (exact) mass is 438 g/mol. The lowest BCUT2D eigenvalue weighted by atomic mass is 9.79. The summed E-state index contributed by atoms with van der Waals surface area (Å²) in [7, 11) is 0. The molecule has 168 valence electrons. The van der Waals surface area contributed by atoms with Crippen LogP contribution in [0.5, 0.6) is 0 Å². The first-order valence-corrected chi connectivity index (χ1v) is 10.7. The Morgan fingerprint density at radius 3 is 2.22 bits per heavy atom. The minimum atomic E-state index is -1.04. The Balaban J connectivity index is 1.19. The van der Waals surface area contributed by atoms with Crippen LogP contribution in [0.3, 0.4) is 0 Å². The molecule has 0 bridgehead atoms. The molecule has 0 saturated heterocycles. The number of carboxylic acid groups (broad SMARTS) is 1. The molecule has 0 atom stereocenters. The summed E-state index contributed by atoms with van der Waals surface area (Å²) in [4.78, 5) is 34.7. The highest BCUT2D eigenvalue weighted by molar-refractivity contribution is 5.80. The Labute approximate surface area is 185 Å². The topological polar surface area (TPSA) is 114 Å². The van der Waals surface area contributed by atoms with Gasteiger partial charge in [0.15, 0.2) is 0 Å². The van der Waals surface area contributed by atoms with E-state index < -0.39 is 12.1 Å². The summed E-state index contributed by atoms with van der Waals surface area (Å²) >= 11 is 0. The summed E-state index contributed by atoms with van der Waals surface area (Å²) in [6.45, 7) is 0.275. The van der Waals surface area contributed by atoms with Gasteiger partial charge in [0.1, 0.15) is 13.2 Å². The standard InChI is InChI=1S/C24H26N2O6/c27-22(28)14-31-10-9-25-23(29)15-11-16(12-15)26-24(30)32-13-21-19-7-3-1-5-17(19)18-6-2-4-8-20(18)21/h1-8,15-16,21H,9-14H2,(H,25,29)(H,26,30)(H,27,28). The lowest BCUT2D eigenvalue weighted by Crippen LogP contribution is -2.50. The molecular weight excluding hydrogens is 412 g/mol. The highest BCUT2D eigenvalue weighted by Gasteiger charge is 2.36. The number of nitrogens with one attached hydrogen (secondary N) is 2. The third kappa shape index (κ3) is 4.91. The molecular formula is C24H26N2O6. The van der Waals surface area contributed by atoms with Gasteiger partial charge in [0.25, 0.3) is 0 Å². The van der Waals surface area contributed by atoms with Crippen molar-refractivity contribution in [2.24, 2.45) is 5.92 Å². The van der Waals surface area contributed by atoms with Crippen molar-refractivity contribution < 1.29 is 29.0 Å². The number of amides is 2. The molecule has 2 aliphatic carbocycles. The zero-order chi connectivity index (χ0) is 22.5. The average Bonchev–Trinajstić information content (AvgIpc) is 3.07. The number of hydrogen-bond acceptors (Lipinski definition) is 5. The summed E-state index contributed by atoms with van der Waals surface area (Å²) in [6.07, 6.45) is 0.621. The van der Waals surface area contributed by atoms with E-state index in [1.165, 1.54) is 11.1 Å². The summed E-state index contributed by atoms with van der Waals surface area (Å²) in [5.41, 5.74) is 4.68. The van der Waals surface area contributed by atoms with Gasteiger partial charge in [-0.15, -0.1) is 0 Å². The molecule has 2 aromatic carbocycles. The van der Waals surface area contributed by atoms with Crippen LogP contribution in [-0.2, 0) is 19.1 Å². The van der Waals surface area contributed by atoms with Gasteiger partial charge in [0.05, 0.1) is 6.61 Å². The Bertz CT molecular complexity index is 956. The van der Waals surface area contributed by atoms with E-state index in [2.05, 4.69) is 34.9 Å². The molecule has 0 unspecified atom stereocenters. The molecule has 3 N–H and O–H groups in total. The Kier molecular flexibility index (Phi) is 6.70. The van der Waals surface area contributed by atoms with E-state index in [4.69, 9.17) is 14.6 Å². The number of rotatable bonds is 9. The van der Waals surface area contributed by atoms with Gasteiger partial charge >= 0.3 is 12.1 Å². The van der Waals surface area contributed by atoms with Crippen molar-refractivity contribution in [2.45, 2.75) is 24.8 Å². The van der Waals surface area contributed by atoms with E-state index in [0.717, 1.165) is 11.1 Å². The van der Waals surface area contributed by atoms with Crippen LogP contribution >= 0.6 is 0 Å². The van der Waals surface area contributed by atoms with Crippen molar-refractivity contribution >= 4 is 18.0 Å². The van der Waals surface area contributed by atoms with Crippen molar-refractivity contribution in [3.63, 3.8) is 0 Å². The van der Waals surface area contributed by atoms with Crippen LogP contribution in [0.2, 0.25) is 0 Å². The first-order valence-electron chi connectivity index (χ1n) is 10.7. The van der Waals surface area contributed by atoms with E-state index in [1.54, 1.807) is 0 Å². The Hall–Kier alpha value is -3.39. The molecule has 1 fully saturated rings. The molecule has 2 aliphatic rings. The lowest BCUT2D eigenvalue weighted by Gasteiger charge is -2.34. The zero-order valence-corrected chi connectivity index (χ0v) is 17.6. The van der Waals surface area contributed by atoms with Crippen LogP contribution in [-0.4, -0.2) is 55.5 Å². The third-order valence-corrected chi connectivity index (χ3v) is 5.95. The van der Waals surface area contributed by atoms with Gasteiger partial charge in [0, 0.05) is 24.4 Å². The van der Waals surface area contributed by atoms with Crippen LogP contribution in [0.1, 0.15) is 29.9 Å². The Morgan fingerprint density at radius 1 is 0.969 bits per heavy atom. The fourth-order valence-electron chi connectivity index (χ4n) is 4.31. The van der Waals surface area contributed by atoms with E-state index in [-0.39, 0.29) is 50.2 Å². The van der Waals surface area contributed by atoms with Crippen LogP contribution in [0.4, 0.5) is 4.79 Å². The van der Waals surface area contributed by atoms with Crippen molar-refractivity contribution in [2.75, 3.05) is 26.4 Å². The number of fused-ring (bicyclic) bond motifs is 3. The molecule has 0 heterocycles. The minimum absolute atomic E-state index is 0.0106. The molecule has 2 amide bonds. The maximum absolute atomic E-state index is 12.3. The van der Waals surface area contributed by atoms with Gasteiger partial charge in [-0.2, -0.15) is 0 Å². The fraction of sp³-hybridized carbons (Fsp3) is 0.375. The molecule has 8 nitrogen and oxygen atoms in total. The molecule has 1 saturated carbocycles. The van der Waals surface area contributed by atoms with E-state index in [9.17, 15) is 14.4 Å². The summed E-state index contributed by atoms with van der Waals surface area (Å²) in [6, 6.07) is 16.2. The van der Waals surface area contributed by atoms with Crippen molar-refractivity contribution in [1.82, 2.24) is 10.6 Å². The first-order chi connectivity index (χ1) is 15.5. The summed E-state index contributed by atoms with van der Waals surface area (Å²) in [5.74, 6) is -1.32. The Morgan fingerprint density at radius 2 is 1.59 bits per heavy atom. The lowest BCUT2D eigenvalue weighted by molar-refractivity contribution is -0.142. The van der Waals surface area contributed by atoms with Gasteiger partial charge < -0.3 is 25.2 Å². The number of benzene rings is 2. The van der Waals surface area contributed by atoms with Crippen LogP contribution < -0.4 is 10.6 Å². The molecule has 0 aliphatic heterocycles. The van der Waals surface area contributed by atoms with Gasteiger partial charge in [-0.3, -0.25) is 4.79 Å². The van der Waals surface area contributed by atoms with Gasteiger partial charge in [0.2, 0.25) is 5.91 Å². The fourth-order valence-corrected chi connectivity index (χ4v) is 4.31. The van der Waals surface area contributed by atoms with Crippen LogP contribution in [0.25, 0.3) is 11.1 Å². The number of hydrogen-bond donors (Lipinski definition) is 3. The second-order valence-corrected chi connectivity index (χ2v) is 8.07. The normalized spacial score (nSPS) is 18.8. The van der Waals surface area contributed by atoms with Gasteiger partial charge in [-0.25, -0.2) is 9.59 Å². The van der Waals surface area contributed by atoms with Crippen LogP contribution in [0.15, 0.2) is 48.5 Å². The second-order valence-electron chi connectivity index (χ2n) is 8.07. The number of carbonyl (C=O) groups is 3. The number of aliphatic carboxylic acids is 1. The summed E-state index contributed by atoms with van der Waals surface area (Å²) in [5, 5.41) is 14.0. The predicted octanol–water partition coefficient (Wildman–Crippen LogP) is 2.52. The molecule has 32 heavy (non-hydrogen) atoms. The highest BCUT2D eigenvalue weighted by Crippen LogP contribution is 2.44. The van der Waals surface area contributed by atoms with Gasteiger partial charge in [-0.1, -0.05) is 48.5 Å². The van der Waals surface area contributed by atoms with E-state index in [1.807, 2.05) is 24.3 Å². The largest absolute Gasteiger partial charge is 0.480 e. The quantitative estimate of drug-likeness (QED) is 0.519. The first kappa shape index (κ1) is 21.8.